The zero-order valence-electron chi connectivity index (χ0n) is 9.51. The molecule has 0 heterocycles. The Kier molecular flexibility index (Phi) is 2.38. The number of allylic oxidation sites excluding steroid dienone is 5. The quantitative estimate of drug-likeness (QED) is 0.625. The lowest BCUT2D eigenvalue weighted by molar-refractivity contribution is 0.192. The third-order valence-corrected chi connectivity index (χ3v) is 4.02. The van der Waals surface area contributed by atoms with E-state index in [-0.39, 0.29) is 0 Å². The average Bonchev–Trinajstić information content (AvgIpc) is 2.41. The van der Waals surface area contributed by atoms with Crippen molar-refractivity contribution in [2.45, 2.75) is 33.6 Å². The molecule has 1 saturated carbocycles. The first-order valence-corrected chi connectivity index (χ1v) is 5.79. The van der Waals surface area contributed by atoms with Gasteiger partial charge in [-0.05, 0) is 30.8 Å². The zero-order valence-corrected chi connectivity index (χ0v) is 9.51. The van der Waals surface area contributed by atoms with Crippen LogP contribution in [0.2, 0.25) is 0 Å². The van der Waals surface area contributed by atoms with Gasteiger partial charge >= 0.3 is 0 Å². The van der Waals surface area contributed by atoms with Crippen LogP contribution >= 0.6 is 0 Å². The van der Waals surface area contributed by atoms with Crippen LogP contribution in [0.25, 0.3) is 0 Å². The molecule has 3 atom stereocenters. The number of hydrogen-bond acceptors (Lipinski definition) is 0. The zero-order chi connectivity index (χ0) is 10.3. The molecule has 0 aliphatic heterocycles. The summed E-state index contributed by atoms with van der Waals surface area (Å²) in [6.45, 7) is 10.8. The van der Waals surface area contributed by atoms with Gasteiger partial charge in [-0.25, -0.2) is 0 Å². The Morgan fingerprint density at radius 1 is 1.36 bits per heavy atom. The van der Waals surface area contributed by atoms with Gasteiger partial charge in [0.05, 0.1) is 0 Å². The van der Waals surface area contributed by atoms with Crippen LogP contribution in [0.4, 0.5) is 0 Å². The van der Waals surface area contributed by atoms with Gasteiger partial charge in [-0.2, -0.15) is 0 Å². The van der Waals surface area contributed by atoms with Crippen LogP contribution in [0.5, 0.6) is 0 Å². The predicted molar refractivity (Wildman–Crippen MR) is 62.0 cm³/mol. The Bertz CT molecular complexity index is 317. The van der Waals surface area contributed by atoms with E-state index in [4.69, 9.17) is 0 Å². The normalized spacial score (nSPS) is 35.1. The summed E-state index contributed by atoms with van der Waals surface area (Å²) in [4.78, 5) is 0. The second-order valence-electron chi connectivity index (χ2n) is 4.55. The van der Waals surface area contributed by atoms with E-state index in [0.717, 1.165) is 17.8 Å². The van der Waals surface area contributed by atoms with Crippen LogP contribution < -0.4 is 0 Å². The first kappa shape index (κ1) is 9.76. The van der Waals surface area contributed by atoms with Crippen molar-refractivity contribution in [2.75, 3.05) is 0 Å². The molecule has 14 heavy (non-hydrogen) atoms. The van der Waals surface area contributed by atoms with Crippen molar-refractivity contribution < 1.29 is 0 Å². The van der Waals surface area contributed by atoms with E-state index < -0.39 is 0 Å². The van der Waals surface area contributed by atoms with Gasteiger partial charge in [-0.15, -0.1) is 0 Å². The predicted octanol–water partition coefficient (Wildman–Crippen LogP) is 4.11. The maximum atomic E-state index is 3.92. The molecule has 0 aromatic heterocycles. The van der Waals surface area contributed by atoms with Gasteiger partial charge in [0, 0.05) is 5.92 Å². The maximum Gasteiger partial charge on any atom is 0.00905 e. The monoisotopic (exact) mass is 188 g/mol. The SMILES string of the molecule is C=CC1=CC(C)=C2C(CC)C(CC)C12. The molecule has 0 aromatic carbocycles. The fourth-order valence-corrected chi connectivity index (χ4v) is 3.42. The molecule has 2 rings (SSSR count). The van der Waals surface area contributed by atoms with Crippen molar-refractivity contribution >= 4 is 0 Å². The number of rotatable bonds is 3. The molecule has 76 valence electrons. The summed E-state index contributed by atoms with van der Waals surface area (Å²) < 4.78 is 0. The van der Waals surface area contributed by atoms with E-state index in [1.807, 2.05) is 0 Å². The molecule has 0 bridgehead atoms. The molecule has 3 unspecified atom stereocenters. The minimum absolute atomic E-state index is 0.738. The summed E-state index contributed by atoms with van der Waals surface area (Å²) in [5.74, 6) is 2.48. The van der Waals surface area contributed by atoms with Crippen LogP contribution in [0.15, 0.2) is 35.5 Å². The number of hydrogen-bond donors (Lipinski definition) is 0. The first-order chi connectivity index (χ1) is 6.74. The summed E-state index contributed by atoms with van der Waals surface area (Å²) in [6, 6.07) is 0. The van der Waals surface area contributed by atoms with E-state index >= 15 is 0 Å². The maximum absolute atomic E-state index is 3.92. The molecule has 2 aliphatic carbocycles. The van der Waals surface area contributed by atoms with Crippen LogP contribution in [-0.2, 0) is 0 Å². The van der Waals surface area contributed by atoms with E-state index in [9.17, 15) is 0 Å². The smallest absolute Gasteiger partial charge is 0.00905 e. The summed E-state index contributed by atoms with van der Waals surface area (Å²) >= 11 is 0. The molecule has 0 nitrogen and oxygen atoms in total. The summed E-state index contributed by atoms with van der Waals surface area (Å²) in [5.41, 5.74) is 4.70. The molecule has 0 radical (unpaired) electrons. The van der Waals surface area contributed by atoms with E-state index in [1.54, 1.807) is 5.57 Å². The Morgan fingerprint density at radius 3 is 2.57 bits per heavy atom. The lowest BCUT2D eigenvalue weighted by Crippen LogP contribution is -2.38. The largest absolute Gasteiger partial charge is 0.0988 e. The van der Waals surface area contributed by atoms with Crippen molar-refractivity contribution in [1.82, 2.24) is 0 Å². The molecular formula is C14H20. The lowest BCUT2D eigenvalue weighted by Gasteiger charge is -2.46. The van der Waals surface area contributed by atoms with E-state index in [1.165, 1.54) is 24.0 Å². The average molecular weight is 188 g/mol. The van der Waals surface area contributed by atoms with E-state index in [0.29, 0.717) is 0 Å². The minimum atomic E-state index is 0.738. The molecular weight excluding hydrogens is 168 g/mol. The van der Waals surface area contributed by atoms with Gasteiger partial charge in [0.2, 0.25) is 0 Å². The van der Waals surface area contributed by atoms with Gasteiger partial charge in [-0.1, -0.05) is 50.1 Å². The van der Waals surface area contributed by atoms with Crippen molar-refractivity contribution in [3.05, 3.63) is 35.5 Å². The second-order valence-corrected chi connectivity index (χ2v) is 4.55. The van der Waals surface area contributed by atoms with E-state index in [2.05, 4.69) is 39.5 Å². The highest BCUT2D eigenvalue weighted by Gasteiger charge is 2.47. The molecule has 0 heteroatoms. The van der Waals surface area contributed by atoms with Crippen molar-refractivity contribution in [1.29, 1.82) is 0 Å². The highest BCUT2D eigenvalue weighted by molar-refractivity contribution is 5.51. The summed E-state index contributed by atoms with van der Waals surface area (Å²) in [5, 5.41) is 0. The standard InChI is InChI=1S/C14H20/c1-5-10-8-9(4)13-11(6-2)12(7-3)14(10)13/h5,8,11-12,14H,1,6-7H2,2-4H3. The van der Waals surface area contributed by atoms with Gasteiger partial charge in [0.1, 0.15) is 0 Å². The van der Waals surface area contributed by atoms with Crippen LogP contribution in [0.3, 0.4) is 0 Å². The minimum Gasteiger partial charge on any atom is -0.0988 e. The molecule has 0 N–H and O–H groups in total. The fraction of sp³-hybridized carbons (Fsp3) is 0.571. The third-order valence-electron chi connectivity index (χ3n) is 4.02. The van der Waals surface area contributed by atoms with Gasteiger partial charge in [0.15, 0.2) is 0 Å². The molecule has 1 fully saturated rings. The third kappa shape index (κ3) is 1.06. The highest BCUT2D eigenvalue weighted by Crippen LogP contribution is 2.57. The summed E-state index contributed by atoms with van der Waals surface area (Å²) in [6.07, 6.45) is 7.01. The van der Waals surface area contributed by atoms with Crippen LogP contribution in [0.1, 0.15) is 33.6 Å². The Labute approximate surface area is 87.4 Å². The van der Waals surface area contributed by atoms with Crippen molar-refractivity contribution in [3.8, 4) is 0 Å². The highest BCUT2D eigenvalue weighted by atomic mass is 14.5. The van der Waals surface area contributed by atoms with Crippen LogP contribution in [-0.4, -0.2) is 0 Å². The van der Waals surface area contributed by atoms with Crippen LogP contribution in [0, 0.1) is 17.8 Å². The number of fused-ring (bicyclic) bond motifs is 1. The van der Waals surface area contributed by atoms with Crippen molar-refractivity contribution in [2.24, 2.45) is 17.8 Å². The van der Waals surface area contributed by atoms with Crippen molar-refractivity contribution in [3.63, 3.8) is 0 Å². The molecule has 0 aromatic rings. The second kappa shape index (κ2) is 3.42. The molecule has 0 saturated heterocycles. The van der Waals surface area contributed by atoms with Gasteiger partial charge in [0.25, 0.3) is 0 Å². The molecule has 0 spiro atoms. The molecule has 0 amide bonds. The fourth-order valence-electron chi connectivity index (χ4n) is 3.42. The van der Waals surface area contributed by atoms with Gasteiger partial charge in [-0.3, -0.25) is 0 Å². The molecule has 2 aliphatic rings. The first-order valence-electron chi connectivity index (χ1n) is 5.79. The Balaban J connectivity index is 2.29. The lowest BCUT2D eigenvalue weighted by atomic mass is 9.57. The Morgan fingerprint density at radius 2 is 2.07 bits per heavy atom. The Hall–Kier alpha value is -0.780. The summed E-state index contributed by atoms with van der Waals surface area (Å²) in [7, 11) is 0. The topological polar surface area (TPSA) is 0 Å². The van der Waals surface area contributed by atoms with Gasteiger partial charge < -0.3 is 0 Å².